The van der Waals surface area contributed by atoms with E-state index in [9.17, 15) is 0 Å². The fourth-order valence-corrected chi connectivity index (χ4v) is 0.735. The zero-order valence-corrected chi connectivity index (χ0v) is 7.50. The molecule has 0 unspecified atom stereocenters. The first-order valence-electron chi connectivity index (χ1n) is 4.45. The highest BCUT2D eigenvalue weighted by atomic mass is 15.4. The van der Waals surface area contributed by atoms with E-state index in [4.69, 9.17) is 1.37 Å². The normalized spacial score (nSPS) is 12.7. The monoisotopic (exact) mass is 154 g/mol. The molecule has 3 heteroatoms. The van der Waals surface area contributed by atoms with Gasteiger partial charge in [-0.3, -0.25) is 0 Å². The van der Waals surface area contributed by atoms with Gasteiger partial charge in [0.15, 0.2) is 0 Å². The fraction of sp³-hybridized carbons (Fsp3) is 0.750. The summed E-state index contributed by atoms with van der Waals surface area (Å²) in [6.07, 6.45) is 0.444. The average Bonchev–Trinajstić information content (AvgIpc) is 2.30. The van der Waals surface area contributed by atoms with Gasteiger partial charge in [0.2, 0.25) is 0 Å². The molecule has 0 aliphatic carbocycles. The van der Waals surface area contributed by atoms with E-state index in [1.54, 1.807) is 4.68 Å². The lowest BCUT2D eigenvalue weighted by molar-refractivity contribution is 0.514. The van der Waals surface area contributed by atoms with Crippen molar-refractivity contribution in [2.75, 3.05) is 0 Å². The topological polar surface area (TPSA) is 30.7 Å². The lowest BCUT2D eigenvalue weighted by atomic mass is 10.2. The van der Waals surface area contributed by atoms with Gasteiger partial charge in [0, 0.05) is 12.2 Å². The molecule has 11 heavy (non-hydrogen) atoms. The Morgan fingerprint density at radius 2 is 2.09 bits per heavy atom. The van der Waals surface area contributed by atoms with Crippen LogP contribution in [0.5, 0.6) is 0 Å². The summed E-state index contributed by atoms with van der Waals surface area (Å²) >= 11 is 0. The molecule has 0 fully saturated rings. The number of aromatic nitrogens is 3. The molecular formula is C8H15N3. The van der Waals surface area contributed by atoms with Crippen LogP contribution in [0.4, 0.5) is 0 Å². The van der Waals surface area contributed by atoms with E-state index in [0.29, 0.717) is 6.17 Å². The fourth-order valence-electron chi connectivity index (χ4n) is 0.735. The summed E-state index contributed by atoms with van der Waals surface area (Å²) in [7, 11) is 0. The average molecular weight is 154 g/mol. The van der Waals surface area contributed by atoms with Gasteiger partial charge in [-0.2, -0.15) is 0 Å². The number of hydrogen-bond donors (Lipinski definition) is 0. The SMILES string of the molecule is [2H]c1c(C(C)C)nnn1C(C)C. The quantitative estimate of drug-likeness (QED) is 0.652. The Kier molecular flexibility index (Phi) is 1.88. The zero-order valence-electron chi connectivity index (χ0n) is 8.50. The molecule has 0 aromatic carbocycles. The summed E-state index contributed by atoms with van der Waals surface area (Å²) < 4.78 is 9.36. The van der Waals surface area contributed by atoms with Gasteiger partial charge < -0.3 is 0 Å². The second kappa shape index (κ2) is 3.03. The molecule has 0 aliphatic heterocycles. The van der Waals surface area contributed by atoms with E-state index in [1.165, 1.54) is 0 Å². The highest BCUT2D eigenvalue weighted by Gasteiger charge is 2.05. The van der Waals surface area contributed by atoms with Gasteiger partial charge in [-0.15, -0.1) is 5.10 Å². The van der Waals surface area contributed by atoms with Crippen LogP contribution in [0.3, 0.4) is 0 Å². The lowest BCUT2D eigenvalue weighted by Gasteiger charge is -2.01. The molecule has 3 nitrogen and oxygen atoms in total. The predicted octanol–water partition coefficient (Wildman–Crippen LogP) is 1.98. The molecule has 1 heterocycles. The van der Waals surface area contributed by atoms with E-state index in [-0.39, 0.29) is 12.0 Å². The maximum absolute atomic E-state index is 7.73. The minimum absolute atomic E-state index is 0.220. The first-order valence-corrected chi connectivity index (χ1v) is 3.95. The third-order valence-electron chi connectivity index (χ3n) is 1.51. The minimum Gasteiger partial charge on any atom is -0.250 e. The Balaban J connectivity index is 3.04. The third-order valence-corrected chi connectivity index (χ3v) is 1.51. The van der Waals surface area contributed by atoms with Crippen LogP contribution in [0.1, 0.15) is 46.7 Å². The van der Waals surface area contributed by atoms with Crippen LogP contribution in [-0.4, -0.2) is 15.0 Å². The van der Waals surface area contributed by atoms with Gasteiger partial charge in [0.1, 0.15) is 0 Å². The highest BCUT2D eigenvalue weighted by Crippen LogP contribution is 2.11. The Labute approximate surface area is 68.8 Å². The molecule has 0 bridgehead atoms. The zero-order chi connectivity index (χ0) is 9.30. The van der Waals surface area contributed by atoms with Gasteiger partial charge in [0.05, 0.1) is 7.06 Å². The van der Waals surface area contributed by atoms with Crippen molar-refractivity contribution in [3.8, 4) is 0 Å². The summed E-state index contributed by atoms with van der Waals surface area (Å²) in [5.41, 5.74) is 0.781. The molecule has 0 saturated carbocycles. The molecule has 1 rings (SSSR count). The molecule has 0 radical (unpaired) electrons. The summed E-state index contributed by atoms with van der Waals surface area (Å²) in [5, 5.41) is 7.88. The van der Waals surface area contributed by atoms with Crippen LogP contribution in [0.15, 0.2) is 6.17 Å². The second-order valence-corrected chi connectivity index (χ2v) is 3.28. The molecule has 0 atom stereocenters. The van der Waals surface area contributed by atoms with Crippen LogP contribution >= 0.6 is 0 Å². The molecule has 0 amide bonds. The Morgan fingerprint density at radius 3 is 2.36 bits per heavy atom. The van der Waals surface area contributed by atoms with Crippen molar-refractivity contribution in [3.63, 3.8) is 0 Å². The molecule has 0 spiro atoms. The summed E-state index contributed by atoms with van der Waals surface area (Å²) in [4.78, 5) is 0. The molecule has 1 aromatic rings. The van der Waals surface area contributed by atoms with E-state index in [2.05, 4.69) is 10.3 Å². The Morgan fingerprint density at radius 1 is 1.45 bits per heavy atom. The van der Waals surface area contributed by atoms with Crippen LogP contribution in [-0.2, 0) is 0 Å². The highest BCUT2D eigenvalue weighted by molar-refractivity contribution is 4.98. The molecule has 62 valence electrons. The van der Waals surface area contributed by atoms with E-state index >= 15 is 0 Å². The van der Waals surface area contributed by atoms with Gasteiger partial charge in [0.25, 0.3) is 0 Å². The predicted molar refractivity (Wildman–Crippen MR) is 44.5 cm³/mol. The maximum Gasteiger partial charge on any atom is 0.0857 e. The summed E-state index contributed by atoms with van der Waals surface area (Å²) in [6, 6.07) is 0.220. The van der Waals surface area contributed by atoms with Crippen molar-refractivity contribution in [1.82, 2.24) is 15.0 Å². The van der Waals surface area contributed by atoms with Crippen molar-refractivity contribution in [2.24, 2.45) is 0 Å². The maximum atomic E-state index is 7.73. The van der Waals surface area contributed by atoms with Gasteiger partial charge >= 0.3 is 0 Å². The van der Waals surface area contributed by atoms with Crippen molar-refractivity contribution in [2.45, 2.75) is 39.7 Å². The number of nitrogens with zero attached hydrogens (tertiary/aromatic N) is 3. The second-order valence-electron chi connectivity index (χ2n) is 3.28. The van der Waals surface area contributed by atoms with Crippen molar-refractivity contribution >= 4 is 0 Å². The van der Waals surface area contributed by atoms with Crippen molar-refractivity contribution in [1.29, 1.82) is 0 Å². The van der Waals surface area contributed by atoms with Gasteiger partial charge in [-0.05, 0) is 19.8 Å². The Hall–Kier alpha value is -0.860. The smallest absolute Gasteiger partial charge is 0.0857 e. The largest absolute Gasteiger partial charge is 0.250 e. The summed E-state index contributed by atoms with van der Waals surface area (Å²) in [5.74, 6) is 0.282. The molecule has 1 aromatic heterocycles. The van der Waals surface area contributed by atoms with Crippen LogP contribution in [0.25, 0.3) is 0 Å². The van der Waals surface area contributed by atoms with Crippen LogP contribution in [0.2, 0.25) is 0 Å². The van der Waals surface area contributed by atoms with E-state index < -0.39 is 0 Å². The lowest BCUT2D eigenvalue weighted by Crippen LogP contribution is -2.00. The van der Waals surface area contributed by atoms with Crippen LogP contribution in [0, 0.1) is 0 Å². The van der Waals surface area contributed by atoms with Crippen LogP contribution < -0.4 is 0 Å². The van der Waals surface area contributed by atoms with E-state index in [0.717, 1.165) is 5.69 Å². The number of rotatable bonds is 2. The molecule has 0 saturated heterocycles. The van der Waals surface area contributed by atoms with Crippen molar-refractivity contribution < 1.29 is 1.37 Å². The standard InChI is InChI=1S/C8H15N3/c1-6(2)8-5-11(7(3)4)10-9-8/h5-7H,1-4H3/i5D. The van der Waals surface area contributed by atoms with Gasteiger partial charge in [-0.25, -0.2) is 4.68 Å². The third kappa shape index (κ3) is 1.79. The molecule has 0 N–H and O–H groups in total. The minimum atomic E-state index is 0.220. The number of hydrogen-bond acceptors (Lipinski definition) is 2. The van der Waals surface area contributed by atoms with Crippen molar-refractivity contribution in [3.05, 3.63) is 11.9 Å². The van der Waals surface area contributed by atoms with E-state index in [1.807, 2.05) is 27.7 Å². The summed E-state index contributed by atoms with van der Waals surface area (Å²) in [6.45, 7) is 8.03. The first kappa shape index (κ1) is 6.83. The molecular weight excluding hydrogens is 138 g/mol. The molecule has 0 aliphatic rings. The first-order chi connectivity index (χ1) is 5.54. The van der Waals surface area contributed by atoms with Gasteiger partial charge in [-0.1, -0.05) is 19.1 Å². The Bertz CT molecular complexity index is 240.